The molecule has 0 aliphatic rings. The summed E-state index contributed by atoms with van der Waals surface area (Å²) in [5, 5.41) is 0.996. The molecular weight excluding hydrogens is 308 g/mol. The predicted molar refractivity (Wildman–Crippen MR) is 103 cm³/mol. The third-order valence-corrected chi connectivity index (χ3v) is 4.63. The zero-order chi connectivity index (χ0) is 17.4. The first kappa shape index (κ1) is 15.4. The zero-order valence-corrected chi connectivity index (χ0v) is 14.2. The van der Waals surface area contributed by atoms with Crippen LogP contribution in [0.2, 0.25) is 0 Å². The van der Waals surface area contributed by atoms with E-state index in [1.807, 2.05) is 54.6 Å². The molecule has 0 saturated heterocycles. The molecule has 0 aliphatic heterocycles. The van der Waals surface area contributed by atoms with Crippen LogP contribution in [0, 0.1) is 13.8 Å². The van der Waals surface area contributed by atoms with Crippen molar-refractivity contribution in [1.82, 2.24) is 0 Å². The minimum atomic E-state index is -0.322. The summed E-state index contributed by atoms with van der Waals surface area (Å²) >= 11 is 0. The van der Waals surface area contributed by atoms with E-state index in [1.165, 1.54) is 11.1 Å². The first-order valence-corrected chi connectivity index (χ1v) is 8.34. The van der Waals surface area contributed by atoms with Crippen molar-refractivity contribution in [2.45, 2.75) is 13.8 Å². The van der Waals surface area contributed by atoms with Crippen LogP contribution in [0.25, 0.3) is 33.2 Å². The fraction of sp³-hybridized carbons (Fsp3) is 0.0870. The number of hydrogen-bond donors (Lipinski definition) is 0. The molecule has 3 aromatic carbocycles. The minimum absolute atomic E-state index is 0.322. The lowest BCUT2D eigenvalue weighted by molar-refractivity contribution is 0.561. The third kappa shape index (κ3) is 2.66. The smallest absolute Gasteiger partial charge is 0.336 e. The maximum Gasteiger partial charge on any atom is 0.336 e. The molecule has 0 radical (unpaired) electrons. The Kier molecular flexibility index (Phi) is 3.73. The van der Waals surface area contributed by atoms with Crippen LogP contribution in [-0.4, -0.2) is 0 Å². The maximum absolute atomic E-state index is 12.1. The van der Waals surface area contributed by atoms with E-state index in [4.69, 9.17) is 4.42 Å². The molecule has 4 aromatic rings. The van der Waals surface area contributed by atoms with Crippen LogP contribution < -0.4 is 5.63 Å². The molecule has 0 N–H and O–H groups in total. The van der Waals surface area contributed by atoms with Gasteiger partial charge in [-0.05, 0) is 47.7 Å². The Labute approximate surface area is 146 Å². The average molecular weight is 326 g/mol. The second-order valence-corrected chi connectivity index (χ2v) is 6.28. The first-order valence-electron chi connectivity index (χ1n) is 8.34. The van der Waals surface area contributed by atoms with Gasteiger partial charge < -0.3 is 4.42 Å². The fourth-order valence-corrected chi connectivity index (χ4v) is 3.58. The van der Waals surface area contributed by atoms with E-state index in [2.05, 4.69) is 26.0 Å². The lowest BCUT2D eigenvalue weighted by atomic mass is 9.90. The van der Waals surface area contributed by atoms with Gasteiger partial charge in [-0.15, -0.1) is 0 Å². The molecule has 0 atom stereocenters. The van der Waals surface area contributed by atoms with Crippen molar-refractivity contribution in [1.29, 1.82) is 0 Å². The molecule has 2 heteroatoms. The Morgan fingerprint density at radius 1 is 0.760 bits per heavy atom. The normalized spacial score (nSPS) is 11.0. The average Bonchev–Trinajstić information content (AvgIpc) is 2.62. The number of fused-ring (bicyclic) bond motifs is 1. The van der Waals surface area contributed by atoms with Crippen molar-refractivity contribution < 1.29 is 4.42 Å². The summed E-state index contributed by atoms with van der Waals surface area (Å²) < 4.78 is 5.52. The molecule has 0 fully saturated rings. The van der Waals surface area contributed by atoms with Crippen LogP contribution in [0.15, 0.2) is 82.0 Å². The molecule has 0 amide bonds. The molecule has 0 unspecified atom stereocenters. The second-order valence-electron chi connectivity index (χ2n) is 6.28. The van der Waals surface area contributed by atoms with E-state index >= 15 is 0 Å². The van der Waals surface area contributed by atoms with Crippen LogP contribution in [0.4, 0.5) is 0 Å². The van der Waals surface area contributed by atoms with Crippen molar-refractivity contribution >= 4 is 11.0 Å². The lowest BCUT2D eigenvalue weighted by Gasteiger charge is -2.15. The second kappa shape index (κ2) is 6.06. The van der Waals surface area contributed by atoms with Crippen LogP contribution in [0.3, 0.4) is 0 Å². The van der Waals surface area contributed by atoms with Gasteiger partial charge >= 0.3 is 5.63 Å². The van der Waals surface area contributed by atoms with Crippen molar-refractivity contribution in [2.75, 3.05) is 0 Å². The van der Waals surface area contributed by atoms with E-state index in [9.17, 15) is 4.79 Å². The van der Waals surface area contributed by atoms with Crippen LogP contribution in [-0.2, 0) is 0 Å². The highest BCUT2D eigenvalue weighted by molar-refractivity contribution is 6.00. The van der Waals surface area contributed by atoms with Crippen LogP contribution in [0.5, 0.6) is 0 Å². The van der Waals surface area contributed by atoms with Crippen molar-refractivity contribution in [3.63, 3.8) is 0 Å². The molecule has 0 bridgehead atoms. The van der Waals surface area contributed by atoms with Crippen molar-refractivity contribution in [3.8, 4) is 22.3 Å². The molecular formula is C23H18O2. The predicted octanol–water partition coefficient (Wildman–Crippen LogP) is 5.74. The van der Waals surface area contributed by atoms with Crippen molar-refractivity contribution in [3.05, 3.63) is 94.3 Å². The van der Waals surface area contributed by atoms with E-state index in [0.29, 0.717) is 5.58 Å². The van der Waals surface area contributed by atoms with Gasteiger partial charge in [0.25, 0.3) is 0 Å². The molecule has 2 nitrogen and oxygen atoms in total. The summed E-state index contributed by atoms with van der Waals surface area (Å²) in [4.78, 5) is 12.1. The van der Waals surface area contributed by atoms with Crippen LogP contribution in [0.1, 0.15) is 11.1 Å². The number of benzene rings is 3. The molecule has 0 saturated carbocycles. The summed E-state index contributed by atoms with van der Waals surface area (Å²) in [6, 6.07) is 23.9. The topological polar surface area (TPSA) is 30.2 Å². The number of hydrogen-bond acceptors (Lipinski definition) is 2. The highest BCUT2D eigenvalue weighted by Gasteiger charge is 2.16. The number of aryl methyl sites for hydroxylation is 2. The maximum atomic E-state index is 12.1. The minimum Gasteiger partial charge on any atom is -0.423 e. The Bertz CT molecular complexity index is 1110. The highest BCUT2D eigenvalue weighted by Crippen LogP contribution is 2.37. The first-order chi connectivity index (χ1) is 12.1. The van der Waals surface area contributed by atoms with Gasteiger partial charge in [0.15, 0.2) is 0 Å². The highest BCUT2D eigenvalue weighted by atomic mass is 16.4. The fourth-order valence-electron chi connectivity index (χ4n) is 3.58. The van der Waals surface area contributed by atoms with Crippen LogP contribution >= 0.6 is 0 Å². The van der Waals surface area contributed by atoms with Gasteiger partial charge in [-0.3, -0.25) is 0 Å². The van der Waals surface area contributed by atoms with E-state index in [-0.39, 0.29) is 5.63 Å². The standard InChI is InChI=1S/C23H18O2/c1-15-13-20-23(16(2)22(15)18-11-7-4-8-12-18)19(14-21(24)25-20)17-9-5-3-6-10-17/h3-14H,1-2H3. The molecule has 4 rings (SSSR count). The Balaban J connectivity index is 2.13. The van der Waals surface area contributed by atoms with Gasteiger partial charge in [-0.1, -0.05) is 60.7 Å². The van der Waals surface area contributed by atoms with Gasteiger partial charge in [-0.25, -0.2) is 4.79 Å². The quantitative estimate of drug-likeness (QED) is 0.439. The Morgan fingerprint density at radius 2 is 1.36 bits per heavy atom. The van der Waals surface area contributed by atoms with Gasteiger partial charge in [0.1, 0.15) is 5.58 Å². The largest absolute Gasteiger partial charge is 0.423 e. The lowest BCUT2D eigenvalue weighted by Crippen LogP contribution is -2.01. The van der Waals surface area contributed by atoms with Gasteiger partial charge in [-0.2, -0.15) is 0 Å². The summed E-state index contributed by atoms with van der Waals surface area (Å²) in [5.41, 5.74) is 6.85. The number of rotatable bonds is 2. The molecule has 0 spiro atoms. The SMILES string of the molecule is Cc1cc2oc(=O)cc(-c3ccccc3)c2c(C)c1-c1ccccc1. The Hall–Kier alpha value is -3.13. The molecule has 122 valence electrons. The zero-order valence-electron chi connectivity index (χ0n) is 14.2. The van der Waals surface area contributed by atoms with E-state index in [1.54, 1.807) is 6.07 Å². The summed E-state index contributed by atoms with van der Waals surface area (Å²) in [6.07, 6.45) is 0. The molecule has 25 heavy (non-hydrogen) atoms. The van der Waals surface area contributed by atoms with Gasteiger partial charge in [0, 0.05) is 17.0 Å². The van der Waals surface area contributed by atoms with Gasteiger partial charge in [0.05, 0.1) is 0 Å². The van der Waals surface area contributed by atoms with E-state index < -0.39 is 0 Å². The summed E-state index contributed by atoms with van der Waals surface area (Å²) in [5.74, 6) is 0. The molecule has 0 aliphatic carbocycles. The van der Waals surface area contributed by atoms with Gasteiger partial charge in [0.2, 0.25) is 0 Å². The summed E-state index contributed by atoms with van der Waals surface area (Å²) in [6.45, 7) is 4.16. The van der Waals surface area contributed by atoms with Crippen molar-refractivity contribution in [2.24, 2.45) is 0 Å². The third-order valence-electron chi connectivity index (χ3n) is 4.63. The Morgan fingerprint density at radius 3 is 2.00 bits per heavy atom. The monoisotopic (exact) mass is 326 g/mol. The summed E-state index contributed by atoms with van der Waals surface area (Å²) in [7, 11) is 0. The molecule has 1 heterocycles. The van der Waals surface area contributed by atoms with E-state index in [0.717, 1.165) is 27.6 Å². The molecule has 1 aromatic heterocycles.